The minimum atomic E-state index is 0.344. The summed E-state index contributed by atoms with van der Waals surface area (Å²) in [4.78, 5) is 0. The molecule has 0 rings (SSSR count). The van der Waals surface area contributed by atoms with Gasteiger partial charge in [-0.05, 0) is 31.1 Å². The van der Waals surface area contributed by atoms with Gasteiger partial charge in [-0.15, -0.1) is 12.3 Å². The Morgan fingerprint density at radius 2 is 2.09 bits per heavy atom. The van der Waals surface area contributed by atoms with Crippen molar-refractivity contribution in [3.05, 3.63) is 6.92 Å². The minimum absolute atomic E-state index is 0.344. The van der Waals surface area contributed by atoms with E-state index in [0.29, 0.717) is 11.3 Å². The molecule has 1 atom stereocenters. The molecule has 1 unspecified atom stereocenters. The van der Waals surface area contributed by atoms with E-state index in [1.165, 1.54) is 6.42 Å². The fraction of sp³-hybridized carbons (Fsp3) is 0.727. The van der Waals surface area contributed by atoms with Gasteiger partial charge >= 0.3 is 0 Å². The first-order valence-corrected chi connectivity index (χ1v) is 4.27. The first-order valence-electron chi connectivity index (χ1n) is 4.27. The standard InChI is InChI=1S/C11H19/c1-6-7-8-9-11(4,5)10(2)3/h1,10H,2,7-9H2,3-5H3. The zero-order chi connectivity index (χ0) is 8.91. The van der Waals surface area contributed by atoms with Gasteiger partial charge in [0.15, 0.2) is 0 Å². The molecular formula is C11H19. The quantitative estimate of drug-likeness (QED) is 0.427. The topological polar surface area (TPSA) is 0 Å². The second-order valence-electron chi connectivity index (χ2n) is 3.95. The number of rotatable bonds is 4. The van der Waals surface area contributed by atoms with E-state index in [2.05, 4.69) is 33.6 Å². The van der Waals surface area contributed by atoms with E-state index in [0.717, 1.165) is 12.8 Å². The zero-order valence-corrected chi connectivity index (χ0v) is 7.98. The highest BCUT2D eigenvalue weighted by Gasteiger charge is 2.20. The van der Waals surface area contributed by atoms with Crippen molar-refractivity contribution in [2.75, 3.05) is 0 Å². The van der Waals surface area contributed by atoms with Crippen LogP contribution in [-0.2, 0) is 0 Å². The number of unbranched alkanes of at least 4 members (excludes halogenated alkanes) is 1. The minimum Gasteiger partial charge on any atom is -0.120 e. The van der Waals surface area contributed by atoms with Crippen LogP contribution in [0.25, 0.3) is 0 Å². The molecule has 63 valence electrons. The van der Waals surface area contributed by atoms with Crippen molar-refractivity contribution in [1.82, 2.24) is 0 Å². The van der Waals surface area contributed by atoms with Crippen molar-refractivity contribution in [2.24, 2.45) is 11.3 Å². The molecule has 11 heavy (non-hydrogen) atoms. The molecule has 0 heteroatoms. The van der Waals surface area contributed by atoms with Crippen molar-refractivity contribution in [3.63, 3.8) is 0 Å². The van der Waals surface area contributed by atoms with Crippen LogP contribution in [0.1, 0.15) is 40.0 Å². The maximum atomic E-state index is 5.17. The van der Waals surface area contributed by atoms with Crippen LogP contribution in [0.3, 0.4) is 0 Å². The molecule has 0 spiro atoms. The van der Waals surface area contributed by atoms with E-state index >= 15 is 0 Å². The van der Waals surface area contributed by atoms with Crippen LogP contribution in [0.4, 0.5) is 0 Å². The third-order valence-corrected chi connectivity index (χ3v) is 2.48. The number of hydrogen-bond acceptors (Lipinski definition) is 0. The fourth-order valence-electron chi connectivity index (χ4n) is 0.892. The van der Waals surface area contributed by atoms with Crippen LogP contribution < -0.4 is 0 Å². The van der Waals surface area contributed by atoms with E-state index in [1.54, 1.807) is 0 Å². The highest BCUT2D eigenvalue weighted by Crippen LogP contribution is 2.31. The summed E-state index contributed by atoms with van der Waals surface area (Å²) < 4.78 is 0. The summed E-state index contributed by atoms with van der Waals surface area (Å²) in [6.07, 6.45) is 8.38. The van der Waals surface area contributed by atoms with Crippen LogP contribution in [0.2, 0.25) is 0 Å². The maximum Gasteiger partial charge on any atom is 0.00862 e. The largest absolute Gasteiger partial charge is 0.120 e. The molecule has 0 aliphatic rings. The van der Waals surface area contributed by atoms with Gasteiger partial charge in [-0.3, -0.25) is 0 Å². The Kier molecular flexibility index (Phi) is 4.26. The van der Waals surface area contributed by atoms with E-state index < -0.39 is 0 Å². The lowest BCUT2D eigenvalue weighted by Crippen LogP contribution is -2.18. The monoisotopic (exact) mass is 151 g/mol. The average molecular weight is 151 g/mol. The van der Waals surface area contributed by atoms with Crippen molar-refractivity contribution in [3.8, 4) is 12.3 Å². The number of hydrogen-bond donors (Lipinski definition) is 0. The van der Waals surface area contributed by atoms with Crippen LogP contribution in [0.15, 0.2) is 0 Å². The Hall–Kier alpha value is -0.440. The predicted molar refractivity (Wildman–Crippen MR) is 51.0 cm³/mol. The van der Waals surface area contributed by atoms with E-state index in [9.17, 15) is 0 Å². The summed E-state index contributed by atoms with van der Waals surface area (Å²) in [7, 11) is 0. The molecule has 0 N–H and O–H groups in total. The van der Waals surface area contributed by atoms with Crippen molar-refractivity contribution in [2.45, 2.75) is 40.0 Å². The van der Waals surface area contributed by atoms with Crippen LogP contribution >= 0.6 is 0 Å². The molecule has 0 saturated heterocycles. The van der Waals surface area contributed by atoms with Gasteiger partial charge in [-0.1, -0.05) is 20.8 Å². The van der Waals surface area contributed by atoms with Gasteiger partial charge in [0, 0.05) is 6.42 Å². The third-order valence-electron chi connectivity index (χ3n) is 2.48. The zero-order valence-electron chi connectivity index (χ0n) is 7.98. The van der Waals surface area contributed by atoms with Crippen molar-refractivity contribution < 1.29 is 0 Å². The van der Waals surface area contributed by atoms with Gasteiger partial charge in [-0.25, -0.2) is 0 Å². The van der Waals surface area contributed by atoms with Gasteiger partial charge in [0.25, 0.3) is 0 Å². The highest BCUT2D eigenvalue weighted by atomic mass is 14.3. The van der Waals surface area contributed by atoms with Gasteiger partial charge in [0.1, 0.15) is 0 Å². The highest BCUT2D eigenvalue weighted by molar-refractivity contribution is 4.85. The maximum absolute atomic E-state index is 5.17. The Morgan fingerprint density at radius 3 is 2.45 bits per heavy atom. The molecule has 0 bridgehead atoms. The van der Waals surface area contributed by atoms with E-state index in [-0.39, 0.29) is 0 Å². The summed E-state index contributed by atoms with van der Waals surface area (Å²) in [6, 6.07) is 0. The normalized spacial score (nSPS) is 11.6. The Bertz CT molecular complexity index is 135. The molecule has 0 aromatic carbocycles. The Morgan fingerprint density at radius 1 is 1.55 bits per heavy atom. The average Bonchev–Trinajstić information content (AvgIpc) is 1.88. The molecule has 0 aromatic heterocycles. The third kappa shape index (κ3) is 4.09. The molecule has 0 heterocycles. The summed E-state index contributed by atoms with van der Waals surface area (Å²) >= 11 is 0. The molecule has 0 aromatic rings. The Balaban J connectivity index is 3.66. The lowest BCUT2D eigenvalue weighted by molar-refractivity contribution is 0.247. The fourth-order valence-corrected chi connectivity index (χ4v) is 0.892. The number of terminal acetylenes is 1. The molecule has 0 nitrogen and oxygen atoms in total. The smallest absolute Gasteiger partial charge is 0.00862 e. The van der Waals surface area contributed by atoms with Crippen LogP contribution in [-0.4, -0.2) is 0 Å². The SMILES string of the molecule is C#CCCCC(C)(C)C([CH2])C. The van der Waals surface area contributed by atoms with Gasteiger partial charge in [0.2, 0.25) is 0 Å². The predicted octanol–water partition coefficient (Wildman–Crippen LogP) is 3.29. The molecule has 0 fully saturated rings. The molecular weight excluding hydrogens is 132 g/mol. The van der Waals surface area contributed by atoms with Crippen LogP contribution in [0.5, 0.6) is 0 Å². The summed E-state index contributed by atoms with van der Waals surface area (Å²) in [6.45, 7) is 10.7. The van der Waals surface area contributed by atoms with Crippen molar-refractivity contribution in [1.29, 1.82) is 0 Å². The molecule has 0 aliphatic carbocycles. The lowest BCUT2D eigenvalue weighted by Gasteiger charge is -2.28. The van der Waals surface area contributed by atoms with E-state index in [1.807, 2.05) is 0 Å². The van der Waals surface area contributed by atoms with E-state index in [4.69, 9.17) is 6.42 Å². The molecule has 1 radical (unpaired) electrons. The van der Waals surface area contributed by atoms with Gasteiger partial charge < -0.3 is 0 Å². The Labute approximate surface area is 71.4 Å². The second-order valence-corrected chi connectivity index (χ2v) is 3.95. The van der Waals surface area contributed by atoms with Crippen molar-refractivity contribution >= 4 is 0 Å². The van der Waals surface area contributed by atoms with Gasteiger partial charge in [-0.2, -0.15) is 0 Å². The lowest BCUT2D eigenvalue weighted by atomic mass is 9.77. The summed E-state index contributed by atoms with van der Waals surface area (Å²) in [5, 5.41) is 0. The summed E-state index contributed by atoms with van der Waals surface area (Å²) in [5.74, 6) is 3.16. The second kappa shape index (κ2) is 4.44. The molecule has 0 amide bonds. The summed E-state index contributed by atoms with van der Waals surface area (Å²) in [5.41, 5.74) is 0.344. The molecule has 0 aliphatic heterocycles. The first-order chi connectivity index (χ1) is 5.00. The molecule has 0 saturated carbocycles. The first kappa shape index (κ1) is 10.6. The van der Waals surface area contributed by atoms with Gasteiger partial charge in [0.05, 0.1) is 0 Å². The van der Waals surface area contributed by atoms with Crippen LogP contribution in [0, 0.1) is 30.6 Å².